The zero-order valence-corrected chi connectivity index (χ0v) is 11.9. The lowest BCUT2D eigenvalue weighted by atomic mass is 10.1. The summed E-state index contributed by atoms with van der Waals surface area (Å²) in [6.07, 6.45) is 4.48. The molecule has 0 saturated carbocycles. The van der Waals surface area contributed by atoms with E-state index in [4.69, 9.17) is 10.3 Å². The maximum atomic E-state index is 11.7. The number of aromatic nitrogens is 2. The normalized spacial score (nSPS) is 10.3. The minimum Gasteiger partial charge on any atom is -0.465 e. The summed E-state index contributed by atoms with van der Waals surface area (Å²) in [5, 5.41) is 8.64. The molecule has 0 aliphatic rings. The van der Waals surface area contributed by atoms with Crippen LogP contribution in [0.2, 0.25) is 0 Å². The molecule has 1 aromatic carbocycles. The van der Waals surface area contributed by atoms with E-state index in [1.165, 1.54) is 7.11 Å². The number of hydrogen-bond donors (Lipinski definition) is 0. The van der Waals surface area contributed by atoms with Gasteiger partial charge in [0.25, 0.3) is 0 Å². The van der Waals surface area contributed by atoms with E-state index >= 15 is 0 Å². The highest BCUT2D eigenvalue weighted by molar-refractivity contribution is 6.03. The molecule has 0 N–H and O–H groups in total. The number of rotatable bonds is 7. The van der Waals surface area contributed by atoms with Crippen molar-refractivity contribution in [3.8, 4) is 0 Å². The summed E-state index contributed by atoms with van der Waals surface area (Å²) in [4.78, 5) is 14.4. The standard InChI is InChI=1S/C14H17N5O2/c1-21-14(20)11-6-5-7-13-12(11)10-17-19(13)9-4-2-3-8-16-18-15/h5-7,10H,2-4,8-9H2,1H3. The lowest BCUT2D eigenvalue weighted by molar-refractivity contribution is 0.0603. The van der Waals surface area contributed by atoms with Crippen molar-refractivity contribution < 1.29 is 9.53 Å². The van der Waals surface area contributed by atoms with Gasteiger partial charge in [0.05, 0.1) is 24.4 Å². The highest BCUT2D eigenvalue weighted by atomic mass is 16.5. The van der Waals surface area contributed by atoms with E-state index in [1.54, 1.807) is 12.3 Å². The molecule has 0 atom stereocenters. The molecule has 0 radical (unpaired) electrons. The maximum absolute atomic E-state index is 11.7. The van der Waals surface area contributed by atoms with Crippen LogP contribution < -0.4 is 0 Å². The molecule has 0 aliphatic heterocycles. The van der Waals surface area contributed by atoms with E-state index in [1.807, 2.05) is 16.8 Å². The molecule has 2 rings (SSSR count). The van der Waals surface area contributed by atoms with Crippen LogP contribution >= 0.6 is 0 Å². The lowest BCUT2D eigenvalue weighted by Gasteiger charge is -2.04. The Hall–Kier alpha value is -2.53. The van der Waals surface area contributed by atoms with Crippen molar-refractivity contribution in [2.75, 3.05) is 13.7 Å². The number of hydrogen-bond acceptors (Lipinski definition) is 4. The topological polar surface area (TPSA) is 92.9 Å². The fourth-order valence-electron chi connectivity index (χ4n) is 2.24. The largest absolute Gasteiger partial charge is 0.465 e. The summed E-state index contributed by atoms with van der Waals surface area (Å²) < 4.78 is 6.66. The highest BCUT2D eigenvalue weighted by Gasteiger charge is 2.12. The van der Waals surface area contributed by atoms with Gasteiger partial charge in [-0.3, -0.25) is 4.68 Å². The predicted molar refractivity (Wildman–Crippen MR) is 78.9 cm³/mol. The molecule has 1 heterocycles. The molecule has 0 unspecified atom stereocenters. The van der Waals surface area contributed by atoms with E-state index in [0.717, 1.165) is 36.7 Å². The molecule has 0 fully saturated rings. The molecule has 110 valence electrons. The van der Waals surface area contributed by atoms with Crippen LogP contribution in [-0.4, -0.2) is 29.4 Å². The molecule has 2 aromatic rings. The van der Waals surface area contributed by atoms with Crippen LogP contribution in [0.15, 0.2) is 29.5 Å². The number of methoxy groups -OCH3 is 1. The molecule has 0 amide bonds. The summed E-state index contributed by atoms with van der Waals surface area (Å²) in [5.74, 6) is -0.352. The molecule has 0 aliphatic carbocycles. The van der Waals surface area contributed by atoms with E-state index in [9.17, 15) is 4.79 Å². The van der Waals surface area contributed by atoms with Crippen LogP contribution in [-0.2, 0) is 11.3 Å². The van der Waals surface area contributed by atoms with Gasteiger partial charge in [0.15, 0.2) is 0 Å². The van der Waals surface area contributed by atoms with Crippen LogP contribution in [0.4, 0.5) is 0 Å². The number of esters is 1. The zero-order valence-electron chi connectivity index (χ0n) is 11.9. The number of nitrogens with zero attached hydrogens (tertiary/aromatic N) is 5. The van der Waals surface area contributed by atoms with E-state index in [-0.39, 0.29) is 5.97 Å². The summed E-state index contributed by atoms with van der Waals surface area (Å²) in [6.45, 7) is 1.30. The molecular weight excluding hydrogens is 270 g/mol. The van der Waals surface area contributed by atoms with Crippen molar-refractivity contribution >= 4 is 16.9 Å². The first-order valence-corrected chi connectivity index (χ1v) is 6.81. The number of ether oxygens (including phenoxy) is 1. The van der Waals surface area contributed by atoms with Crippen LogP contribution in [0, 0.1) is 0 Å². The average Bonchev–Trinajstić information content (AvgIpc) is 2.93. The quantitative estimate of drug-likeness (QED) is 0.257. The number of fused-ring (bicyclic) bond motifs is 1. The Morgan fingerprint density at radius 2 is 2.29 bits per heavy atom. The van der Waals surface area contributed by atoms with E-state index in [2.05, 4.69) is 15.1 Å². The van der Waals surface area contributed by atoms with Gasteiger partial charge in [-0.2, -0.15) is 5.10 Å². The zero-order chi connectivity index (χ0) is 15.1. The molecular formula is C14H17N5O2. The van der Waals surface area contributed by atoms with Crippen molar-refractivity contribution in [2.24, 2.45) is 5.11 Å². The third kappa shape index (κ3) is 3.52. The molecule has 7 nitrogen and oxygen atoms in total. The maximum Gasteiger partial charge on any atom is 0.338 e. The molecule has 0 bridgehead atoms. The minimum absolute atomic E-state index is 0.352. The smallest absolute Gasteiger partial charge is 0.338 e. The molecule has 21 heavy (non-hydrogen) atoms. The highest BCUT2D eigenvalue weighted by Crippen LogP contribution is 2.19. The first-order chi connectivity index (χ1) is 10.3. The van der Waals surface area contributed by atoms with Crippen molar-refractivity contribution in [1.82, 2.24) is 9.78 Å². The Labute approximate surface area is 122 Å². The van der Waals surface area contributed by atoms with Gasteiger partial charge >= 0.3 is 5.97 Å². The third-order valence-electron chi connectivity index (χ3n) is 3.28. The Morgan fingerprint density at radius 1 is 1.43 bits per heavy atom. The fourth-order valence-corrected chi connectivity index (χ4v) is 2.24. The van der Waals surface area contributed by atoms with Gasteiger partial charge < -0.3 is 4.74 Å². The number of benzene rings is 1. The SMILES string of the molecule is COC(=O)c1cccc2c1cnn2CCCCCN=[N+]=[N-]. The number of azide groups is 1. The van der Waals surface area contributed by atoms with Crippen LogP contribution in [0.3, 0.4) is 0 Å². The second-order valence-corrected chi connectivity index (χ2v) is 4.61. The van der Waals surface area contributed by atoms with Crippen LogP contribution in [0.1, 0.15) is 29.6 Å². The van der Waals surface area contributed by atoms with E-state index in [0.29, 0.717) is 12.1 Å². The number of carbonyl (C=O) groups excluding carboxylic acids is 1. The first kappa shape index (κ1) is 14.9. The van der Waals surface area contributed by atoms with E-state index < -0.39 is 0 Å². The molecule has 0 spiro atoms. The second kappa shape index (κ2) is 7.31. The summed E-state index contributed by atoms with van der Waals surface area (Å²) in [7, 11) is 1.37. The second-order valence-electron chi connectivity index (χ2n) is 4.61. The third-order valence-corrected chi connectivity index (χ3v) is 3.28. The van der Waals surface area contributed by atoms with Gasteiger partial charge in [-0.15, -0.1) is 0 Å². The number of carbonyl (C=O) groups is 1. The van der Waals surface area contributed by atoms with Gasteiger partial charge in [0.1, 0.15) is 0 Å². The molecule has 7 heteroatoms. The minimum atomic E-state index is -0.352. The fraction of sp³-hybridized carbons (Fsp3) is 0.429. The van der Waals surface area contributed by atoms with Gasteiger partial charge in [0.2, 0.25) is 0 Å². The Morgan fingerprint density at radius 3 is 3.05 bits per heavy atom. The van der Waals surface area contributed by atoms with Gasteiger partial charge in [-0.1, -0.05) is 17.6 Å². The molecule has 0 saturated heterocycles. The number of unbranched alkanes of at least 4 members (excludes halogenated alkanes) is 2. The molecule has 1 aromatic heterocycles. The predicted octanol–water partition coefficient (Wildman–Crippen LogP) is 3.30. The van der Waals surface area contributed by atoms with Crippen molar-refractivity contribution in [1.29, 1.82) is 0 Å². The Balaban J connectivity index is 2.05. The number of aryl methyl sites for hydroxylation is 1. The monoisotopic (exact) mass is 287 g/mol. The summed E-state index contributed by atoms with van der Waals surface area (Å²) in [5.41, 5.74) is 9.65. The Bertz CT molecular complexity index is 673. The van der Waals surface area contributed by atoms with Crippen molar-refractivity contribution in [2.45, 2.75) is 25.8 Å². The van der Waals surface area contributed by atoms with Crippen molar-refractivity contribution in [3.63, 3.8) is 0 Å². The lowest BCUT2D eigenvalue weighted by Crippen LogP contribution is -2.03. The summed E-state index contributed by atoms with van der Waals surface area (Å²) >= 11 is 0. The van der Waals surface area contributed by atoms with Gasteiger partial charge in [0, 0.05) is 23.4 Å². The van der Waals surface area contributed by atoms with Gasteiger partial charge in [-0.05, 0) is 30.5 Å². The Kier molecular flexibility index (Phi) is 5.17. The van der Waals surface area contributed by atoms with Crippen molar-refractivity contribution in [3.05, 3.63) is 40.4 Å². The average molecular weight is 287 g/mol. The summed E-state index contributed by atoms with van der Waals surface area (Å²) in [6, 6.07) is 5.50. The van der Waals surface area contributed by atoms with Crippen LogP contribution in [0.25, 0.3) is 21.3 Å². The first-order valence-electron chi connectivity index (χ1n) is 6.81. The van der Waals surface area contributed by atoms with Gasteiger partial charge in [-0.25, -0.2) is 4.79 Å². The van der Waals surface area contributed by atoms with Crippen LogP contribution in [0.5, 0.6) is 0 Å².